The standard InChI is InChI=1S/C20H27N3O4S/c1-19(2,3)17-12-14(22-27-17)11-16(24)20(4,5)28(25,26)15-7-8-18(21-13-15)23-9-6-10-23/h7-8,12-13H,6,9-11H2,1-5H3. The van der Waals surface area contributed by atoms with Gasteiger partial charge in [-0.3, -0.25) is 4.79 Å². The number of Topliss-reactive ketones (excluding diaryl/α,β-unsaturated/α-hetero) is 1. The van der Waals surface area contributed by atoms with Crippen LogP contribution >= 0.6 is 0 Å². The molecule has 0 N–H and O–H groups in total. The molecule has 1 aliphatic heterocycles. The lowest BCUT2D eigenvalue weighted by molar-refractivity contribution is -0.120. The lowest BCUT2D eigenvalue weighted by Gasteiger charge is -2.32. The minimum atomic E-state index is -3.90. The van der Waals surface area contributed by atoms with E-state index in [1.54, 1.807) is 12.1 Å². The second kappa shape index (κ2) is 6.99. The average Bonchev–Trinajstić information content (AvgIpc) is 3.02. The van der Waals surface area contributed by atoms with E-state index in [0.717, 1.165) is 25.3 Å². The first kappa shape index (κ1) is 20.5. The monoisotopic (exact) mass is 405 g/mol. The Morgan fingerprint density at radius 2 is 1.86 bits per heavy atom. The summed E-state index contributed by atoms with van der Waals surface area (Å²) in [6.45, 7) is 10.6. The first-order valence-corrected chi connectivity index (χ1v) is 10.9. The molecule has 8 heteroatoms. The number of rotatable bonds is 6. The first-order valence-electron chi connectivity index (χ1n) is 9.38. The van der Waals surface area contributed by atoms with E-state index in [1.165, 1.54) is 26.1 Å². The normalized spacial score (nSPS) is 15.4. The predicted octanol–water partition coefficient (Wildman–Crippen LogP) is 2.94. The van der Waals surface area contributed by atoms with Gasteiger partial charge in [0.05, 0.1) is 17.0 Å². The van der Waals surface area contributed by atoms with E-state index in [9.17, 15) is 13.2 Å². The molecule has 0 spiro atoms. The summed E-state index contributed by atoms with van der Waals surface area (Å²) in [7, 11) is -3.90. The van der Waals surface area contributed by atoms with Crippen molar-refractivity contribution in [1.82, 2.24) is 10.1 Å². The minimum Gasteiger partial charge on any atom is -0.361 e. The van der Waals surface area contributed by atoms with Gasteiger partial charge in [0.1, 0.15) is 16.3 Å². The summed E-state index contributed by atoms with van der Waals surface area (Å²) >= 11 is 0. The fourth-order valence-corrected chi connectivity index (χ4v) is 4.23. The molecule has 0 unspecified atom stereocenters. The summed E-state index contributed by atoms with van der Waals surface area (Å²) < 4.78 is 29.9. The molecule has 3 rings (SSSR count). The number of carbonyl (C=O) groups is 1. The van der Waals surface area contributed by atoms with Gasteiger partial charge in [0.15, 0.2) is 15.6 Å². The Labute approximate surface area is 166 Å². The number of sulfone groups is 1. The van der Waals surface area contributed by atoms with Crippen molar-refractivity contribution in [2.45, 2.75) is 62.5 Å². The second-order valence-corrected chi connectivity index (χ2v) is 11.2. The molecule has 28 heavy (non-hydrogen) atoms. The quantitative estimate of drug-likeness (QED) is 0.729. The molecule has 7 nitrogen and oxygen atoms in total. The summed E-state index contributed by atoms with van der Waals surface area (Å²) in [4.78, 5) is 19.2. The van der Waals surface area contributed by atoms with Gasteiger partial charge in [-0.2, -0.15) is 0 Å². The fourth-order valence-electron chi connectivity index (χ4n) is 2.83. The van der Waals surface area contributed by atoms with Crippen molar-refractivity contribution >= 4 is 21.4 Å². The van der Waals surface area contributed by atoms with E-state index >= 15 is 0 Å². The van der Waals surface area contributed by atoms with E-state index in [2.05, 4.69) is 15.0 Å². The Morgan fingerprint density at radius 3 is 2.32 bits per heavy atom. The Hall–Kier alpha value is -2.22. The summed E-state index contributed by atoms with van der Waals surface area (Å²) in [6.07, 6.45) is 2.35. The molecule has 0 amide bonds. The van der Waals surface area contributed by atoms with E-state index in [-0.39, 0.29) is 16.7 Å². The summed E-state index contributed by atoms with van der Waals surface area (Å²) in [6, 6.07) is 4.93. The number of nitrogens with zero attached hydrogens (tertiary/aromatic N) is 3. The van der Waals surface area contributed by atoms with Crippen LogP contribution in [0.25, 0.3) is 0 Å². The Bertz CT molecular complexity index is 966. The second-order valence-electron chi connectivity index (χ2n) is 8.74. The van der Waals surface area contributed by atoms with Gasteiger partial charge in [-0.1, -0.05) is 25.9 Å². The molecule has 0 atom stereocenters. The molecule has 2 aromatic rings. The zero-order chi connectivity index (χ0) is 20.7. The molecule has 2 aromatic heterocycles. The average molecular weight is 406 g/mol. The van der Waals surface area contributed by atoms with E-state index < -0.39 is 20.4 Å². The molecular weight excluding hydrogens is 378 g/mol. The van der Waals surface area contributed by atoms with Crippen molar-refractivity contribution in [3.05, 3.63) is 35.9 Å². The smallest absolute Gasteiger partial charge is 0.192 e. The molecule has 0 radical (unpaired) electrons. The van der Waals surface area contributed by atoms with Crippen LogP contribution in [0.1, 0.15) is 52.5 Å². The van der Waals surface area contributed by atoms with Crippen molar-refractivity contribution in [2.24, 2.45) is 0 Å². The Balaban J connectivity index is 1.79. The van der Waals surface area contributed by atoms with Gasteiger partial charge in [0.25, 0.3) is 0 Å². The highest BCUT2D eigenvalue weighted by molar-refractivity contribution is 7.93. The van der Waals surface area contributed by atoms with Gasteiger partial charge in [-0.05, 0) is 32.4 Å². The highest BCUT2D eigenvalue weighted by Gasteiger charge is 2.43. The topological polar surface area (TPSA) is 93.4 Å². The van der Waals surface area contributed by atoms with Crippen molar-refractivity contribution < 1.29 is 17.7 Å². The third-order valence-corrected chi connectivity index (χ3v) is 7.63. The van der Waals surface area contributed by atoms with Crippen molar-refractivity contribution in [1.29, 1.82) is 0 Å². The maximum Gasteiger partial charge on any atom is 0.192 e. The molecule has 0 saturated carbocycles. The van der Waals surface area contributed by atoms with Crippen LogP contribution in [-0.4, -0.2) is 42.2 Å². The van der Waals surface area contributed by atoms with Gasteiger partial charge in [0.2, 0.25) is 0 Å². The van der Waals surface area contributed by atoms with Crippen LogP contribution in [-0.2, 0) is 26.5 Å². The lowest BCUT2D eigenvalue weighted by Crippen LogP contribution is -2.42. The van der Waals surface area contributed by atoms with Gasteiger partial charge in [-0.15, -0.1) is 0 Å². The zero-order valence-corrected chi connectivity index (χ0v) is 17.8. The molecule has 0 aliphatic carbocycles. The Morgan fingerprint density at radius 1 is 1.18 bits per heavy atom. The summed E-state index contributed by atoms with van der Waals surface area (Å²) in [5, 5.41) is 3.93. The van der Waals surface area contributed by atoms with Crippen LogP contribution in [0.4, 0.5) is 5.82 Å². The van der Waals surface area contributed by atoms with Crippen LogP contribution in [0.5, 0.6) is 0 Å². The van der Waals surface area contributed by atoms with Gasteiger partial charge >= 0.3 is 0 Å². The number of carbonyl (C=O) groups excluding carboxylic acids is 1. The minimum absolute atomic E-state index is 0.0469. The highest BCUT2D eigenvalue weighted by Crippen LogP contribution is 2.29. The van der Waals surface area contributed by atoms with Crippen molar-refractivity contribution in [3.63, 3.8) is 0 Å². The maximum atomic E-state index is 13.1. The van der Waals surface area contributed by atoms with E-state index in [0.29, 0.717) is 11.5 Å². The van der Waals surface area contributed by atoms with Gasteiger partial charge < -0.3 is 9.42 Å². The Kier molecular flexibility index (Phi) is 5.12. The number of hydrogen-bond donors (Lipinski definition) is 0. The van der Waals surface area contributed by atoms with Crippen molar-refractivity contribution in [3.8, 4) is 0 Å². The number of hydrogen-bond acceptors (Lipinski definition) is 7. The van der Waals surface area contributed by atoms with Crippen LogP contribution in [0.2, 0.25) is 0 Å². The van der Waals surface area contributed by atoms with Crippen molar-refractivity contribution in [2.75, 3.05) is 18.0 Å². The molecule has 1 aliphatic rings. The molecule has 0 bridgehead atoms. The molecular formula is C20H27N3O4S. The number of ketones is 1. The van der Waals surface area contributed by atoms with E-state index in [1.807, 2.05) is 20.8 Å². The van der Waals surface area contributed by atoms with Crippen LogP contribution in [0.3, 0.4) is 0 Å². The third kappa shape index (κ3) is 3.70. The van der Waals surface area contributed by atoms with Gasteiger partial charge in [0, 0.05) is 30.8 Å². The SMILES string of the molecule is CC(C)(C)c1cc(CC(=O)C(C)(C)S(=O)(=O)c2ccc(N3CCC3)nc2)no1. The number of aromatic nitrogens is 2. The number of anilines is 1. The fraction of sp³-hybridized carbons (Fsp3) is 0.550. The maximum absolute atomic E-state index is 13.1. The molecule has 1 fully saturated rings. The lowest BCUT2D eigenvalue weighted by atomic mass is 9.92. The van der Waals surface area contributed by atoms with Crippen LogP contribution in [0.15, 0.2) is 33.8 Å². The van der Waals surface area contributed by atoms with Gasteiger partial charge in [-0.25, -0.2) is 13.4 Å². The summed E-state index contributed by atoms with van der Waals surface area (Å²) in [5.74, 6) is 0.974. The predicted molar refractivity (Wildman–Crippen MR) is 106 cm³/mol. The largest absolute Gasteiger partial charge is 0.361 e. The number of pyridine rings is 1. The van der Waals surface area contributed by atoms with Crippen LogP contribution < -0.4 is 4.90 Å². The zero-order valence-electron chi connectivity index (χ0n) is 17.0. The van der Waals surface area contributed by atoms with E-state index in [4.69, 9.17) is 4.52 Å². The van der Waals surface area contributed by atoms with Crippen LogP contribution in [0, 0.1) is 0 Å². The molecule has 1 saturated heterocycles. The summed E-state index contributed by atoms with van der Waals surface area (Å²) in [5.41, 5.74) is 0.198. The third-order valence-electron chi connectivity index (χ3n) is 5.19. The molecule has 152 valence electrons. The molecule has 0 aromatic carbocycles. The highest BCUT2D eigenvalue weighted by atomic mass is 32.2. The first-order chi connectivity index (χ1) is 12.9. The molecule has 3 heterocycles.